The van der Waals surface area contributed by atoms with Crippen LogP contribution in [0.4, 0.5) is 0 Å². The van der Waals surface area contributed by atoms with Crippen molar-refractivity contribution in [3.8, 4) is 11.5 Å². The number of carbonyl (C=O) groups is 2. The van der Waals surface area contributed by atoms with E-state index < -0.39 is 0 Å². The molecule has 1 N–H and O–H groups in total. The number of ether oxygens (including phenoxy) is 2. The number of rotatable bonds is 8. The van der Waals surface area contributed by atoms with Gasteiger partial charge >= 0.3 is 0 Å². The van der Waals surface area contributed by atoms with Crippen LogP contribution in [0.25, 0.3) is 0 Å². The predicted octanol–water partition coefficient (Wildman–Crippen LogP) is 3.26. The molecule has 7 nitrogen and oxygen atoms in total. The van der Waals surface area contributed by atoms with Crippen LogP contribution in [0, 0.1) is 5.92 Å². The van der Waals surface area contributed by atoms with Crippen molar-refractivity contribution in [2.45, 2.75) is 12.8 Å². The largest absolute Gasteiger partial charge is 0.497 e. The van der Waals surface area contributed by atoms with E-state index in [0.717, 1.165) is 11.3 Å². The molecule has 162 valence electrons. The third-order valence-electron chi connectivity index (χ3n) is 5.11. The lowest BCUT2D eigenvalue weighted by atomic mass is 9.95. The molecule has 1 heterocycles. The summed E-state index contributed by atoms with van der Waals surface area (Å²) in [7, 11) is 1.57. The molecule has 7 heteroatoms. The summed E-state index contributed by atoms with van der Waals surface area (Å²) in [5, 5.41) is 4.05. The number of amides is 2. The summed E-state index contributed by atoms with van der Waals surface area (Å²) >= 11 is 0. The fourth-order valence-corrected chi connectivity index (χ4v) is 3.35. The molecule has 1 saturated heterocycles. The van der Waals surface area contributed by atoms with E-state index >= 15 is 0 Å². The molecule has 2 aromatic carbocycles. The first kappa shape index (κ1) is 22.1. The van der Waals surface area contributed by atoms with Gasteiger partial charge in [-0.05, 0) is 60.9 Å². The molecular formula is C24H27N3O4. The number of hydrazone groups is 1. The number of methoxy groups -OCH3 is 1. The number of benzene rings is 2. The first-order chi connectivity index (χ1) is 15.1. The minimum atomic E-state index is -0.166. The zero-order chi connectivity index (χ0) is 22.1. The molecule has 1 fully saturated rings. The Hall–Kier alpha value is -3.61. The summed E-state index contributed by atoms with van der Waals surface area (Å²) in [4.78, 5) is 26.9. The average Bonchev–Trinajstić information content (AvgIpc) is 2.83. The van der Waals surface area contributed by atoms with Crippen LogP contribution in [-0.2, 0) is 4.79 Å². The molecule has 1 aliphatic heterocycles. The fraction of sp³-hybridized carbons (Fsp3) is 0.292. The summed E-state index contributed by atoms with van der Waals surface area (Å²) in [6.07, 6.45) is 4.49. The van der Waals surface area contributed by atoms with E-state index in [2.05, 4.69) is 17.1 Å². The van der Waals surface area contributed by atoms with E-state index in [1.165, 1.54) is 0 Å². The zero-order valence-electron chi connectivity index (χ0n) is 17.6. The van der Waals surface area contributed by atoms with E-state index in [-0.39, 0.29) is 17.7 Å². The minimum absolute atomic E-state index is 0.0451. The first-order valence-corrected chi connectivity index (χ1v) is 10.2. The Morgan fingerprint density at radius 1 is 1.16 bits per heavy atom. The van der Waals surface area contributed by atoms with Crippen molar-refractivity contribution in [2.75, 3.05) is 26.8 Å². The second kappa shape index (κ2) is 11.0. The molecule has 2 aromatic rings. The Bertz CT molecular complexity index is 932. The van der Waals surface area contributed by atoms with Crippen molar-refractivity contribution in [1.29, 1.82) is 0 Å². The number of nitrogens with zero attached hydrogens (tertiary/aromatic N) is 2. The smallest absolute Gasteiger partial charge is 0.253 e. The summed E-state index contributed by atoms with van der Waals surface area (Å²) < 4.78 is 10.6. The molecule has 0 aromatic heterocycles. The maximum Gasteiger partial charge on any atom is 0.253 e. The van der Waals surface area contributed by atoms with Gasteiger partial charge in [0, 0.05) is 24.6 Å². The molecule has 0 spiro atoms. The molecule has 0 saturated carbocycles. The SMILES string of the molecule is C=CCOc1ccc(/C=N\NC(=O)C2CCN(C(=O)c3cccc(OC)c3)CC2)cc1. The van der Waals surface area contributed by atoms with Crippen molar-refractivity contribution in [3.63, 3.8) is 0 Å². The summed E-state index contributed by atoms with van der Waals surface area (Å²) in [5.41, 5.74) is 4.05. The lowest BCUT2D eigenvalue weighted by Gasteiger charge is -2.31. The van der Waals surface area contributed by atoms with Crippen LogP contribution >= 0.6 is 0 Å². The Morgan fingerprint density at radius 3 is 2.58 bits per heavy atom. The molecule has 3 rings (SSSR count). The van der Waals surface area contributed by atoms with Gasteiger partial charge in [-0.1, -0.05) is 18.7 Å². The third-order valence-corrected chi connectivity index (χ3v) is 5.11. The maximum absolute atomic E-state index is 12.7. The van der Waals surface area contributed by atoms with Gasteiger partial charge in [-0.25, -0.2) is 5.43 Å². The second-order valence-electron chi connectivity index (χ2n) is 7.20. The van der Waals surface area contributed by atoms with Crippen LogP contribution in [0.3, 0.4) is 0 Å². The molecule has 0 unspecified atom stereocenters. The van der Waals surface area contributed by atoms with E-state index in [9.17, 15) is 9.59 Å². The van der Waals surface area contributed by atoms with Crippen molar-refractivity contribution in [2.24, 2.45) is 11.0 Å². The Morgan fingerprint density at radius 2 is 1.90 bits per heavy atom. The predicted molar refractivity (Wildman–Crippen MR) is 119 cm³/mol. The van der Waals surface area contributed by atoms with Gasteiger partial charge in [0.25, 0.3) is 5.91 Å². The third kappa shape index (κ3) is 6.18. The standard InChI is InChI=1S/C24H27N3O4/c1-3-15-31-21-9-7-18(8-10-21)17-25-26-23(28)19-11-13-27(14-12-19)24(29)20-5-4-6-22(16-20)30-2/h3-10,16-17,19H,1,11-15H2,2H3,(H,26,28)/b25-17-. The normalized spacial score (nSPS) is 14.3. The molecule has 1 aliphatic rings. The molecule has 0 bridgehead atoms. The Labute approximate surface area is 182 Å². The second-order valence-corrected chi connectivity index (χ2v) is 7.20. The number of hydrogen-bond acceptors (Lipinski definition) is 5. The summed E-state index contributed by atoms with van der Waals surface area (Å²) in [5.74, 6) is 1.06. The van der Waals surface area contributed by atoms with Gasteiger partial charge in [0.2, 0.25) is 5.91 Å². The lowest BCUT2D eigenvalue weighted by molar-refractivity contribution is -0.126. The molecule has 0 atom stereocenters. The summed E-state index contributed by atoms with van der Waals surface area (Å²) in [6.45, 7) is 5.13. The van der Waals surface area contributed by atoms with E-state index in [1.54, 1.807) is 48.6 Å². The molecular weight excluding hydrogens is 394 g/mol. The van der Waals surface area contributed by atoms with Crippen molar-refractivity contribution < 1.29 is 19.1 Å². The quantitative estimate of drug-likeness (QED) is 0.403. The van der Waals surface area contributed by atoms with E-state index in [4.69, 9.17) is 9.47 Å². The van der Waals surface area contributed by atoms with Gasteiger partial charge in [-0.2, -0.15) is 5.10 Å². The van der Waals surface area contributed by atoms with Gasteiger partial charge < -0.3 is 14.4 Å². The number of piperidine rings is 1. The van der Waals surface area contributed by atoms with Crippen molar-refractivity contribution in [3.05, 3.63) is 72.3 Å². The number of carbonyl (C=O) groups excluding carboxylic acids is 2. The molecule has 31 heavy (non-hydrogen) atoms. The molecule has 2 amide bonds. The summed E-state index contributed by atoms with van der Waals surface area (Å²) in [6, 6.07) is 14.5. The molecule has 0 aliphatic carbocycles. The number of nitrogens with one attached hydrogen (secondary N) is 1. The average molecular weight is 421 g/mol. The highest BCUT2D eigenvalue weighted by Crippen LogP contribution is 2.21. The van der Waals surface area contributed by atoms with Gasteiger partial charge in [-0.15, -0.1) is 0 Å². The number of hydrogen-bond donors (Lipinski definition) is 1. The maximum atomic E-state index is 12.7. The van der Waals surface area contributed by atoms with Gasteiger partial charge in [0.15, 0.2) is 0 Å². The van der Waals surface area contributed by atoms with Gasteiger partial charge in [0.05, 0.1) is 13.3 Å². The van der Waals surface area contributed by atoms with Crippen LogP contribution in [0.5, 0.6) is 11.5 Å². The first-order valence-electron chi connectivity index (χ1n) is 10.2. The van der Waals surface area contributed by atoms with E-state index in [0.29, 0.717) is 43.9 Å². The minimum Gasteiger partial charge on any atom is -0.497 e. The van der Waals surface area contributed by atoms with Crippen LogP contribution in [0.15, 0.2) is 66.3 Å². The van der Waals surface area contributed by atoms with Crippen LogP contribution in [0.2, 0.25) is 0 Å². The van der Waals surface area contributed by atoms with Crippen LogP contribution in [-0.4, -0.2) is 49.7 Å². The highest BCUT2D eigenvalue weighted by Gasteiger charge is 2.27. The Balaban J connectivity index is 1.46. The highest BCUT2D eigenvalue weighted by atomic mass is 16.5. The van der Waals surface area contributed by atoms with E-state index in [1.807, 2.05) is 24.3 Å². The van der Waals surface area contributed by atoms with Crippen LogP contribution < -0.4 is 14.9 Å². The van der Waals surface area contributed by atoms with Crippen molar-refractivity contribution in [1.82, 2.24) is 10.3 Å². The molecule has 0 radical (unpaired) electrons. The van der Waals surface area contributed by atoms with Crippen LogP contribution in [0.1, 0.15) is 28.8 Å². The zero-order valence-corrected chi connectivity index (χ0v) is 17.6. The van der Waals surface area contributed by atoms with Gasteiger partial charge in [0.1, 0.15) is 18.1 Å². The van der Waals surface area contributed by atoms with Gasteiger partial charge in [-0.3, -0.25) is 9.59 Å². The number of likely N-dealkylation sites (tertiary alicyclic amines) is 1. The van der Waals surface area contributed by atoms with Crippen molar-refractivity contribution >= 4 is 18.0 Å². The highest BCUT2D eigenvalue weighted by molar-refractivity contribution is 5.94. The fourth-order valence-electron chi connectivity index (χ4n) is 3.35. The Kier molecular flexibility index (Phi) is 7.81. The topological polar surface area (TPSA) is 80.2 Å². The monoisotopic (exact) mass is 421 g/mol. The lowest BCUT2D eigenvalue weighted by Crippen LogP contribution is -2.42.